The van der Waals surface area contributed by atoms with Crippen LogP contribution in [0.3, 0.4) is 0 Å². The van der Waals surface area contributed by atoms with E-state index in [1.165, 1.54) is 6.07 Å². The van der Waals surface area contributed by atoms with Crippen LogP contribution < -0.4 is 5.32 Å². The zero-order valence-corrected chi connectivity index (χ0v) is 11.1. The van der Waals surface area contributed by atoms with Crippen molar-refractivity contribution >= 4 is 11.6 Å². The van der Waals surface area contributed by atoms with E-state index in [1.54, 1.807) is 18.3 Å². The van der Waals surface area contributed by atoms with Crippen LogP contribution in [0.15, 0.2) is 36.5 Å². The normalized spacial score (nSPS) is 11.7. The molecule has 0 aliphatic rings. The average molecular weight is 281 g/mol. The van der Waals surface area contributed by atoms with Crippen molar-refractivity contribution in [1.82, 2.24) is 9.97 Å². The maximum absolute atomic E-state index is 12.6. The quantitative estimate of drug-likeness (QED) is 0.908. The molecule has 0 saturated heterocycles. The summed E-state index contributed by atoms with van der Waals surface area (Å²) in [6, 6.07) is 6.72. The van der Waals surface area contributed by atoms with Gasteiger partial charge in [-0.3, -0.25) is 0 Å². The maximum atomic E-state index is 12.6. The van der Waals surface area contributed by atoms with Gasteiger partial charge in [-0.2, -0.15) is 13.2 Å². The minimum atomic E-state index is -4.36. The van der Waals surface area contributed by atoms with Crippen molar-refractivity contribution in [3.8, 4) is 0 Å². The highest BCUT2D eigenvalue weighted by atomic mass is 19.4. The van der Waals surface area contributed by atoms with Crippen molar-refractivity contribution in [3.63, 3.8) is 0 Å². The Labute approximate surface area is 114 Å². The van der Waals surface area contributed by atoms with Crippen molar-refractivity contribution < 1.29 is 13.2 Å². The summed E-state index contributed by atoms with van der Waals surface area (Å²) in [5, 5.41) is 2.79. The molecule has 0 fully saturated rings. The molecule has 1 aromatic carbocycles. The van der Waals surface area contributed by atoms with E-state index >= 15 is 0 Å². The summed E-state index contributed by atoms with van der Waals surface area (Å²) >= 11 is 0. The third kappa shape index (κ3) is 3.46. The summed E-state index contributed by atoms with van der Waals surface area (Å²) < 4.78 is 37.9. The van der Waals surface area contributed by atoms with Crippen LogP contribution >= 0.6 is 0 Å². The lowest BCUT2D eigenvalue weighted by molar-refractivity contribution is -0.137. The van der Waals surface area contributed by atoms with Crippen molar-refractivity contribution in [2.24, 2.45) is 0 Å². The Morgan fingerprint density at radius 2 is 1.90 bits per heavy atom. The number of rotatable bonds is 3. The van der Waals surface area contributed by atoms with Gasteiger partial charge >= 0.3 is 6.18 Å². The van der Waals surface area contributed by atoms with E-state index < -0.39 is 11.7 Å². The molecule has 0 amide bonds. The van der Waals surface area contributed by atoms with E-state index in [4.69, 9.17) is 0 Å². The van der Waals surface area contributed by atoms with Gasteiger partial charge in [-0.25, -0.2) is 9.97 Å². The smallest absolute Gasteiger partial charge is 0.324 e. The molecule has 106 valence electrons. The second kappa shape index (κ2) is 5.48. The van der Waals surface area contributed by atoms with Crippen molar-refractivity contribution in [2.75, 3.05) is 5.32 Å². The number of alkyl halides is 3. The second-order valence-corrected chi connectivity index (χ2v) is 4.66. The van der Waals surface area contributed by atoms with Crippen molar-refractivity contribution in [1.29, 1.82) is 0 Å². The highest BCUT2D eigenvalue weighted by Crippen LogP contribution is 2.31. The van der Waals surface area contributed by atoms with E-state index in [2.05, 4.69) is 15.3 Å². The molecule has 1 N–H and O–H groups in total. The number of hydrogen-bond acceptors (Lipinski definition) is 3. The van der Waals surface area contributed by atoms with Crippen LogP contribution in [-0.2, 0) is 6.18 Å². The molecule has 3 nitrogen and oxygen atoms in total. The Morgan fingerprint density at radius 3 is 2.55 bits per heavy atom. The Hall–Kier alpha value is -2.11. The Kier molecular flexibility index (Phi) is 3.92. The number of hydrogen-bond donors (Lipinski definition) is 1. The average Bonchev–Trinajstić information content (AvgIpc) is 2.38. The molecule has 0 unspecified atom stereocenters. The summed E-state index contributed by atoms with van der Waals surface area (Å²) in [5.41, 5.74) is 0.428. The molecule has 0 bridgehead atoms. The lowest BCUT2D eigenvalue weighted by Gasteiger charge is -2.11. The van der Waals surface area contributed by atoms with Gasteiger partial charge in [0.15, 0.2) is 0 Å². The molecule has 2 aromatic rings. The number of aromatic nitrogens is 2. The molecule has 0 spiro atoms. The summed E-state index contributed by atoms with van der Waals surface area (Å²) in [6.45, 7) is 3.97. The third-order valence-corrected chi connectivity index (χ3v) is 2.71. The fourth-order valence-corrected chi connectivity index (χ4v) is 1.66. The predicted molar refractivity (Wildman–Crippen MR) is 70.8 cm³/mol. The molecule has 20 heavy (non-hydrogen) atoms. The van der Waals surface area contributed by atoms with Crippen LogP contribution in [0.5, 0.6) is 0 Å². The van der Waals surface area contributed by atoms with E-state index in [-0.39, 0.29) is 11.9 Å². The summed E-state index contributed by atoms with van der Waals surface area (Å²) in [6.07, 6.45) is -2.78. The van der Waals surface area contributed by atoms with Crippen LogP contribution in [0.4, 0.5) is 24.8 Å². The van der Waals surface area contributed by atoms with E-state index in [0.717, 1.165) is 17.8 Å². The first-order valence-corrected chi connectivity index (χ1v) is 6.13. The third-order valence-electron chi connectivity index (χ3n) is 2.71. The number of nitrogens with one attached hydrogen (secondary N) is 1. The van der Waals surface area contributed by atoms with Crippen LogP contribution in [-0.4, -0.2) is 9.97 Å². The molecule has 0 aliphatic carbocycles. The number of benzene rings is 1. The second-order valence-electron chi connectivity index (χ2n) is 4.66. The van der Waals surface area contributed by atoms with E-state index in [9.17, 15) is 13.2 Å². The van der Waals surface area contributed by atoms with Gasteiger partial charge in [-0.1, -0.05) is 19.9 Å². The molecule has 0 aliphatic heterocycles. The highest BCUT2D eigenvalue weighted by molar-refractivity contribution is 5.54. The number of nitrogens with zero attached hydrogens (tertiary/aromatic N) is 2. The molecule has 0 atom stereocenters. The highest BCUT2D eigenvalue weighted by Gasteiger charge is 2.30. The van der Waals surface area contributed by atoms with Gasteiger partial charge in [0.1, 0.15) is 0 Å². The number of halogens is 3. The van der Waals surface area contributed by atoms with Crippen molar-refractivity contribution in [3.05, 3.63) is 47.8 Å². The molecule has 0 saturated carbocycles. The lowest BCUT2D eigenvalue weighted by Crippen LogP contribution is -2.06. The number of anilines is 2. The minimum Gasteiger partial charge on any atom is -0.324 e. The zero-order valence-electron chi connectivity index (χ0n) is 11.1. The molecule has 1 heterocycles. The first kappa shape index (κ1) is 14.3. The summed E-state index contributed by atoms with van der Waals surface area (Å²) in [5.74, 6) is 0.510. The van der Waals surface area contributed by atoms with Crippen molar-refractivity contribution in [2.45, 2.75) is 25.9 Å². The van der Waals surface area contributed by atoms with Gasteiger partial charge < -0.3 is 5.32 Å². The van der Waals surface area contributed by atoms with Gasteiger partial charge in [0.25, 0.3) is 0 Å². The maximum Gasteiger partial charge on any atom is 0.416 e. The Morgan fingerprint density at radius 1 is 1.15 bits per heavy atom. The fraction of sp³-hybridized carbons (Fsp3) is 0.286. The minimum absolute atomic E-state index is 0.222. The van der Waals surface area contributed by atoms with E-state index in [1.807, 2.05) is 13.8 Å². The predicted octanol–water partition coefficient (Wildman–Crippen LogP) is 4.36. The Bertz CT molecular complexity index is 594. The SMILES string of the molecule is CC(C)c1ccnc(Nc2cccc(C(F)(F)F)c2)n1. The summed E-state index contributed by atoms with van der Waals surface area (Å²) in [7, 11) is 0. The topological polar surface area (TPSA) is 37.8 Å². The fourth-order valence-electron chi connectivity index (χ4n) is 1.66. The summed E-state index contributed by atoms with van der Waals surface area (Å²) in [4.78, 5) is 8.26. The zero-order chi connectivity index (χ0) is 14.8. The largest absolute Gasteiger partial charge is 0.416 e. The molecule has 1 aromatic heterocycles. The van der Waals surface area contributed by atoms with E-state index in [0.29, 0.717) is 5.69 Å². The molecular formula is C14H14F3N3. The van der Waals surface area contributed by atoms with Gasteiger partial charge in [0, 0.05) is 17.6 Å². The van der Waals surface area contributed by atoms with Crippen LogP contribution in [0.2, 0.25) is 0 Å². The molecule has 6 heteroatoms. The van der Waals surface area contributed by atoms with Gasteiger partial charge in [-0.05, 0) is 30.2 Å². The lowest BCUT2D eigenvalue weighted by atomic mass is 10.1. The molecular weight excluding hydrogens is 267 g/mol. The first-order chi connectivity index (χ1) is 9.36. The molecule has 2 rings (SSSR count). The van der Waals surface area contributed by atoms with Crippen LogP contribution in [0.1, 0.15) is 31.0 Å². The van der Waals surface area contributed by atoms with Gasteiger partial charge in [0.2, 0.25) is 5.95 Å². The van der Waals surface area contributed by atoms with Gasteiger partial charge in [-0.15, -0.1) is 0 Å². The van der Waals surface area contributed by atoms with Crippen LogP contribution in [0, 0.1) is 0 Å². The van der Waals surface area contributed by atoms with Crippen LogP contribution in [0.25, 0.3) is 0 Å². The Balaban J connectivity index is 2.24. The molecule has 0 radical (unpaired) electrons. The monoisotopic (exact) mass is 281 g/mol. The first-order valence-electron chi connectivity index (χ1n) is 6.13. The van der Waals surface area contributed by atoms with Gasteiger partial charge in [0.05, 0.1) is 5.56 Å². The standard InChI is InChI=1S/C14H14F3N3/c1-9(2)12-6-7-18-13(20-12)19-11-5-3-4-10(8-11)14(15,16)17/h3-9H,1-2H3,(H,18,19,20).